The zero-order valence-electron chi connectivity index (χ0n) is 16.9. The molecule has 1 aliphatic rings. The minimum absolute atomic E-state index is 0.103. The monoisotopic (exact) mass is 437 g/mol. The van der Waals surface area contributed by atoms with E-state index in [2.05, 4.69) is 15.3 Å². The standard InChI is InChI=1S/C23H20ClN3O4/c1-30-8-6-17(28)10-14-9-15-11-20(27-22(15)25-13-14)18-12-16(4-5-19(18)24)26-23(29)21-3-2-7-31-21/h2-5,7,9,12-13H,6,8,10-11H2,1H3,(H,26,29). The third-order valence-corrected chi connectivity index (χ3v) is 5.19. The van der Waals surface area contributed by atoms with Crippen molar-refractivity contribution >= 4 is 40.5 Å². The molecule has 1 amide bonds. The number of Topliss-reactive ketones (excluding diaryl/α,β-unsaturated/α-hetero) is 1. The maximum Gasteiger partial charge on any atom is 0.291 e. The molecule has 1 N–H and O–H groups in total. The summed E-state index contributed by atoms with van der Waals surface area (Å²) >= 11 is 6.41. The number of fused-ring (bicyclic) bond motifs is 1. The minimum atomic E-state index is -0.348. The fourth-order valence-corrected chi connectivity index (χ4v) is 3.57. The molecular formula is C23H20ClN3O4. The lowest BCUT2D eigenvalue weighted by atomic mass is 10.0. The molecule has 0 atom stereocenters. The van der Waals surface area contributed by atoms with Crippen molar-refractivity contribution in [2.75, 3.05) is 19.0 Å². The van der Waals surface area contributed by atoms with Crippen LogP contribution in [0.1, 0.15) is 33.7 Å². The molecule has 0 unspecified atom stereocenters. The van der Waals surface area contributed by atoms with Crippen LogP contribution in [0, 0.1) is 0 Å². The van der Waals surface area contributed by atoms with Crippen LogP contribution >= 0.6 is 11.6 Å². The Balaban J connectivity index is 1.49. The second kappa shape index (κ2) is 9.24. The molecular weight excluding hydrogens is 418 g/mol. The highest BCUT2D eigenvalue weighted by molar-refractivity contribution is 6.34. The number of aliphatic imine (C=N–C) groups is 1. The lowest BCUT2D eigenvalue weighted by Crippen LogP contribution is -2.12. The molecule has 0 bridgehead atoms. The fourth-order valence-electron chi connectivity index (χ4n) is 3.34. The van der Waals surface area contributed by atoms with Crippen LogP contribution < -0.4 is 5.32 Å². The number of carbonyl (C=O) groups is 2. The molecule has 8 heteroatoms. The van der Waals surface area contributed by atoms with E-state index in [0.717, 1.165) is 22.4 Å². The van der Waals surface area contributed by atoms with Gasteiger partial charge in [-0.1, -0.05) is 11.6 Å². The molecule has 3 aromatic rings. The van der Waals surface area contributed by atoms with Gasteiger partial charge >= 0.3 is 0 Å². The van der Waals surface area contributed by atoms with Crippen molar-refractivity contribution in [3.8, 4) is 0 Å². The van der Waals surface area contributed by atoms with Crippen molar-refractivity contribution in [1.29, 1.82) is 0 Å². The lowest BCUT2D eigenvalue weighted by Gasteiger charge is -2.08. The number of nitrogens with zero attached hydrogens (tertiary/aromatic N) is 2. The number of nitrogens with one attached hydrogen (secondary N) is 1. The van der Waals surface area contributed by atoms with Crippen LogP contribution in [0.2, 0.25) is 5.02 Å². The van der Waals surface area contributed by atoms with Gasteiger partial charge in [-0.25, -0.2) is 9.98 Å². The van der Waals surface area contributed by atoms with E-state index in [1.165, 1.54) is 6.26 Å². The maximum atomic E-state index is 12.2. The Morgan fingerprint density at radius 1 is 1.26 bits per heavy atom. The Morgan fingerprint density at radius 2 is 2.13 bits per heavy atom. The highest BCUT2D eigenvalue weighted by Crippen LogP contribution is 2.31. The third-order valence-electron chi connectivity index (χ3n) is 4.86. The van der Waals surface area contributed by atoms with Crippen LogP contribution in [-0.2, 0) is 22.4 Å². The van der Waals surface area contributed by atoms with Gasteiger partial charge in [-0.15, -0.1) is 0 Å². The van der Waals surface area contributed by atoms with E-state index in [-0.39, 0.29) is 17.5 Å². The average Bonchev–Trinajstić information content (AvgIpc) is 3.43. The normalized spacial score (nSPS) is 12.4. The van der Waals surface area contributed by atoms with Gasteiger partial charge in [0.1, 0.15) is 5.78 Å². The highest BCUT2D eigenvalue weighted by atomic mass is 35.5. The van der Waals surface area contributed by atoms with Gasteiger partial charge in [0.25, 0.3) is 5.91 Å². The van der Waals surface area contributed by atoms with Crippen LogP contribution in [-0.4, -0.2) is 36.1 Å². The first-order valence-electron chi connectivity index (χ1n) is 9.74. The Hall–Kier alpha value is -3.29. The Bertz CT molecular complexity index is 1160. The molecule has 158 valence electrons. The van der Waals surface area contributed by atoms with Gasteiger partial charge in [0.2, 0.25) is 0 Å². The quantitative estimate of drug-likeness (QED) is 0.563. The first-order valence-corrected chi connectivity index (χ1v) is 10.1. The van der Waals surface area contributed by atoms with Crippen LogP contribution in [0.5, 0.6) is 0 Å². The van der Waals surface area contributed by atoms with Gasteiger partial charge < -0.3 is 14.5 Å². The number of hydrogen-bond acceptors (Lipinski definition) is 6. The Labute approximate surface area is 184 Å². The average molecular weight is 438 g/mol. The van der Waals surface area contributed by atoms with Crippen molar-refractivity contribution in [3.63, 3.8) is 0 Å². The second-order valence-electron chi connectivity index (χ2n) is 7.15. The number of amides is 1. The molecule has 0 saturated heterocycles. The van der Waals surface area contributed by atoms with Crippen LogP contribution in [0.4, 0.5) is 11.5 Å². The molecule has 31 heavy (non-hydrogen) atoms. The molecule has 0 aliphatic carbocycles. The topological polar surface area (TPSA) is 93.8 Å². The zero-order valence-corrected chi connectivity index (χ0v) is 17.6. The molecule has 1 aliphatic heterocycles. The summed E-state index contributed by atoms with van der Waals surface area (Å²) in [5.74, 6) is 0.591. The van der Waals surface area contributed by atoms with Crippen LogP contribution in [0.3, 0.4) is 0 Å². The number of ether oxygens (including phenoxy) is 1. The van der Waals surface area contributed by atoms with E-state index in [1.54, 1.807) is 43.6 Å². The SMILES string of the molecule is COCCC(=O)Cc1cnc2c(c1)CC(c1cc(NC(=O)c3ccco3)ccc1Cl)=N2. The number of ketones is 1. The van der Waals surface area contributed by atoms with Crippen molar-refractivity contribution < 1.29 is 18.7 Å². The number of aromatic nitrogens is 1. The van der Waals surface area contributed by atoms with E-state index in [4.69, 9.17) is 20.8 Å². The lowest BCUT2D eigenvalue weighted by molar-refractivity contribution is -0.119. The number of pyridine rings is 1. The summed E-state index contributed by atoms with van der Waals surface area (Å²) in [5, 5.41) is 3.32. The smallest absolute Gasteiger partial charge is 0.291 e. The van der Waals surface area contributed by atoms with Crippen molar-refractivity contribution in [2.45, 2.75) is 19.3 Å². The molecule has 3 heterocycles. The summed E-state index contributed by atoms with van der Waals surface area (Å²) in [6, 6.07) is 10.4. The number of rotatable bonds is 8. The van der Waals surface area contributed by atoms with Gasteiger partial charge in [-0.3, -0.25) is 9.59 Å². The number of carbonyl (C=O) groups excluding carboxylic acids is 2. The summed E-state index contributed by atoms with van der Waals surface area (Å²) in [5.41, 5.74) is 3.84. The van der Waals surface area contributed by atoms with E-state index in [0.29, 0.717) is 42.4 Å². The minimum Gasteiger partial charge on any atom is -0.459 e. The van der Waals surface area contributed by atoms with Crippen LogP contribution in [0.15, 0.2) is 58.3 Å². The summed E-state index contributed by atoms with van der Waals surface area (Å²) in [6.45, 7) is 0.412. The predicted molar refractivity (Wildman–Crippen MR) is 117 cm³/mol. The number of anilines is 1. The van der Waals surface area contributed by atoms with E-state index in [9.17, 15) is 9.59 Å². The van der Waals surface area contributed by atoms with Gasteiger partial charge in [0, 0.05) is 54.4 Å². The van der Waals surface area contributed by atoms with Crippen molar-refractivity contribution in [1.82, 2.24) is 4.98 Å². The maximum absolute atomic E-state index is 12.2. The zero-order chi connectivity index (χ0) is 21.8. The molecule has 1 aromatic carbocycles. The summed E-state index contributed by atoms with van der Waals surface area (Å²) in [4.78, 5) is 33.3. The number of benzene rings is 1. The van der Waals surface area contributed by atoms with E-state index < -0.39 is 0 Å². The van der Waals surface area contributed by atoms with Gasteiger partial charge in [-0.2, -0.15) is 0 Å². The number of furan rings is 1. The highest BCUT2D eigenvalue weighted by Gasteiger charge is 2.21. The third kappa shape index (κ3) is 4.90. The van der Waals surface area contributed by atoms with Gasteiger partial charge in [0.15, 0.2) is 11.6 Å². The van der Waals surface area contributed by atoms with Crippen molar-refractivity contribution in [2.24, 2.45) is 4.99 Å². The molecule has 7 nitrogen and oxygen atoms in total. The van der Waals surface area contributed by atoms with Crippen molar-refractivity contribution in [3.05, 3.63) is 76.3 Å². The van der Waals surface area contributed by atoms with E-state index in [1.807, 2.05) is 6.07 Å². The summed E-state index contributed by atoms with van der Waals surface area (Å²) < 4.78 is 10.1. The summed E-state index contributed by atoms with van der Waals surface area (Å²) in [6.07, 6.45) is 4.35. The Morgan fingerprint density at radius 3 is 2.90 bits per heavy atom. The predicted octanol–water partition coefficient (Wildman–Crippen LogP) is 4.41. The largest absolute Gasteiger partial charge is 0.459 e. The Kier molecular flexibility index (Phi) is 6.25. The van der Waals surface area contributed by atoms with Gasteiger partial charge in [0.05, 0.1) is 18.6 Å². The number of hydrogen-bond donors (Lipinski definition) is 1. The van der Waals surface area contributed by atoms with Gasteiger partial charge in [-0.05, 0) is 42.0 Å². The number of halogens is 1. The summed E-state index contributed by atoms with van der Waals surface area (Å²) in [7, 11) is 1.58. The first-order chi connectivity index (χ1) is 15.0. The molecule has 2 aromatic heterocycles. The molecule has 0 saturated carbocycles. The number of methoxy groups -OCH3 is 1. The first kappa shape index (κ1) is 21.0. The molecule has 0 radical (unpaired) electrons. The fraction of sp³-hybridized carbons (Fsp3) is 0.217. The molecule has 0 fully saturated rings. The van der Waals surface area contributed by atoms with Crippen LogP contribution in [0.25, 0.3) is 0 Å². The van der Waals surface area contributed by atoms with E-state index >= 15 is 0 Å². The molecule has 0 spiro atoms. The molecule has 4 rings (SSSR count). The second-order valence-corrected chi connectivity index (χ2v) is 7.55.